The maximum atomic E-state index is 12.2. The van der Waals surface area contributed by atoms with Gasteiger partial charge in [0, 0.05) is 10.7 Å². The minimum Gasteiger partial charge on any atom is -0.340 e. The predicted molar refractivity (Wildman–Crippen MR) is 112 cm³/mol. The van der Waals surface area contributed by atoms with Crippen LogP contribution in [0.1, 0.15) is 30.9 Å². The van der Waals surface area contributed by atoms with Crippen molar-refractivity contribution in [1.82, 2.24) is 4.98 Å². The normalized spacial score (nSPS) is 10.7. The minimum absolute atomic E-state index is 0.0926. The van der Waals surface area contributed by atoms with E-state index in [4.69, 9.17) is 11.6 Å². The number of rotatable bonds is 6. The topological polar surface area (TPSA) is 54.0 Å². The first kappa shape index (κ1) is 18.9. The second-order valence-corrected chi connectivity index (χ2v) is 7.09. The van der Waals surface area contributed by atoms with Crippen molar-refractivity contribution in [2.75, 3.05) is 10.6 Å². The van der Waals surface area contributed by atoms with Crippen LogP contribution in [0.5, 0.6) is 0 Å². The van der Waals surface area contributed by atoms with Gasteiger partial charge in [0.2, 0.25) is 5.91 Å². The maximum absolute atomic E-state index is 12.2. The number of amides is 1. The molecule has 0 radical (unpaired) electrons. The second kappa shape index (κ2) is 8.69. The van der Waals surface area contributed by atoms with Gasteiger partial charge in [0.05, 0.1) is 18.3 Å². The fourth-order valence-electron chi connectivity index (χ4n) is 2.79. The van der Waals surface area contributed by atoms with E-state index in [1.54, 1.807) is 18.3 Å². The Bertz CT molecular complexity index is 906. The molecule has 0 aliphatic rings. The summed E-state index contributed by atoms with van der Waals surface area (Å²) in [5.41, 5.74) is 3.85. The molecule has 4 nitrogen and oxygen atoms in total. The second-order valence-electron chi connectivity index (χ2n) is 6.65. The fraction of sp³-hybridized carbons (Fsp3) is 0.182. The van der Waals surface area contributed by atoms with Crippen LogP contribution in [0.2, 0.25) is 5.02 Å². The number of hydrogen-bond donors (Lipinski definition) is 2. The molecule has 1 aromatic heterocycles. The van der Waals surface area contributed by atoms with Crippen molar-refractivity contribution in [2.45, 2.75) is 26.2 Å². The number of nitrogens with one attached hydrogen (secondary N) is 2. The first-order chi connectivity index (χ1) is 13.0. The van der Waals surface area contributed by atoms with Gasteiger partial charge in [-0.25, -0.2) is 4.98 Å². The summed E-state index contributed by atoms with van der Waals surface area (Å²) in [7, 11) is 0. The van der Waals surface area contributed by atoms with Gasteiger partial charge in [-0.1, -0.05) is 55.8 Å². The van der Waals surface area contributed by atoms with Crippen molar-refractivity contribution in [3.05, 3.63) is 83.0 Å². The SMILES string of the molecule is CC(C)c1ccccc1Nc1ccc(NC(=O)Cc2ccc(Cl)cc2)cn1. The smallest absolute Gasteiger partial charge is 0.228 e. The number of anilines is 3. The van der Waals surface area contributed by atoms with Crippen LogP contribution < -0.4 is 10.6 Å². The molecule has 2 N–H and O–H groups in total. The minimum atomic E-state index is -0.0926. The Balaban J connectivity index is 1.62. The van der Waals surface area contributed by atoms with Gasteiger partial charge in [-0.05, 0) is 47.4 Å². The molecule has 0 aliphatic heterocycles. The van der Waals surface area contributed by atoms with Crippen molar-refractivity contribution in [3.8, 4) is 0 Å². The molecule has 0 saturated carbocycles. The third kappa shape index (κ3) is 5.31. The number of hydrogen-bond acceptors (Lipinski definition) is 3. The molecule has 0 saturated heterocycles. The third-order valence-corrected chi connectivity index (χ3v) is 4.42. The van der Waals surface area contributed by atoms with Crippen LogP contribution in [-0.4, -0.2) is 10.9 Å². The summed E-state index contributed by atoms with van der Waals surface area (Å²) in [6.07, 6.45) is 1.94. The van der Waals surface area contributed by atoms with Crippen LogP contribution in [0.15, 0.2) is 66.9 Å². The maximum Gasteiger partial charge on any atom is 0.228 e. The molecule has 1 heterocycles. The molecule has 2 aromatic carbocycles. The summed E-state index contributed by atoms with van der Waals surface area (Å²) in [5.74, 6) is 1.06. The van der Waals surface area contributed by atoms with Crippen LogP contribution in [0.25, 0.3) is 0 Å². The number of carbonyl (C=O) groups excluding carboxylic acids is 1. The molecule has 1 amide bonds. The lowest BCUT2D eigenvalue weighted by molar-refractivity contribution is -0.115. The predicted octanol–water partition coefficient (Wildman–Crippen LogP) is 5.78. The van der Waals surface area contributed by atoms with Crippen molar-refractivity contribution >= 4 is 34.7 Å². The summed E-state index contributed by atoms with van der Waals surface area (Å²) in [4.78, 5) is 16.6. The van der Waals surface area contributed by atoms with Crippen molar-refractivity contribution in [1.29, 1.82) is 0 Å². The lowest BCUT2D eigenvalue weighted by Gasteiger charge is -2.14. The summed E-state index contributed by atoms with van der Waals surface area (Å²) in [6, 6.07) is 19.1. The zero-order valence-electron chi connectivity index (χ0n) is 15.4. The molecular formula is C22H22ClN3O. The molecule has 0 fully saturated rings. The first-order valence-electron chi connectivity index (χ1n) is 8.87. The molecule has 0 bridgehead atoms. The number of halogens is 1. The van der Waals surface area contributed by atoms with Crippen LogP contribution >= 0.6 is 11.6 Å². The van der Waals surface area contributed by atoms with E-state index in [1.165, 1.54) is 5.56 Å². The number of benzene rings is 2. The molecule has 0 atom stereocenters. The lowest BCUT2D eigenvalue weighted by atomic mass is 10.0. The molecule has 138 valence electrons. The Morgan fingerprint density at radius 2 is 1.78 bits per heavy atom. The number of carbonyl (C=O) groups is 1. The lowest BCUT2D eigenvalue weighted by Crippen LogP contribution is -2.14. The molecule has 3 rings (SSSR count). The van der Waals surface area contributed by atoms with Gasteiger partial charge in [-0.3, -0.25) is 4.79 Å². The average Bonchev–Trinajstić information content (AvgIpc) is 2.65. The highest BCUT2D eigenvalue weighted by Crippen LogP contribution is 2.26. The molecule has 27 heavy (non-hydrogen) atoms. The van der Waals surface area contributed by atoms with Crippen LogP contribution in [0.4, 0.5) is 17.2 Å². The van der Waals surface area contributed by atoms with Gasteiger partial charge in [0.1, 0.15) is 5.82 Å². The fourth-order valence-corrected chi connectivity index (χ4v) is 2.91. The van der Waals surface area contributed by atoms with Gasteiger partial charge in [0.25, 0.3) is 0 Å². The first-order valence-corrected chi connectivity index (χ1v) is 9.25. The Morgan fingerprint density at radius 3 is 2.44 bits per heavy atom. The Labute approximate surface area is 164 Å². The third-order valence-electron chi connectivity index (χ3n) is 4.17. The van der Waals surface area contributed by atoms with E-state index in [0.29, 0.717) is 23.0 Å². The van der Waals surface area contributed by atoms with Crippen LogP contribution in [-0.2, 0) is 11.2 Å². The van der Waals surface area contributed by atoms with Gasteiger partial charge >= 0.3 is 0 Å². The van der Waals surface area contributed by atoms with Crippen molar-refractivity contribution in [3.63, 3.8) is 0 Å². The molecule has 0 unspecified atom stereocenters. The van der Waals surface area contributed by atoms with E-state index in [1.807, 2.05) is 42.5 Å². The Hall–Kier alpha value is -2.85. The van der Waals surface area contributed by atoms with Crippen LogP contribution in [0, 0.1) is 0 Å². The number of aromatic nitrogens is 1. The molecule has 0 aliphatic carbocycles. The van der Waals surface area contributed by atoms with Crippen LogP contribution in [0.3, 0.4) is 0 Å². The molecule has 0 spiro atoms. The van der Waals surface area contributed by atoms with Crippen molar-refractivity contribution in [2.24, 2.45) is 0 Å². The van der Waals surface area contributed by atoms with E-state index in [2.05, 4.69) is 35.5 Å². The zero-order valence-corrected chi connectivity index (χ0v) is 16.1. The summed E-state index contributed by atoms with van der Waals surface area (Å²) < 4.78 is 0. The van der Waals surface area contributed by atoms with E-state index < -0.39 is 0 Å². The monoisotopic (exact) mass is 379 g/mol. The Kier molecular flexibility index (Phi) is 6.09. The number of para-hydroxylation sites is 1. The van der Waals surface area contributed by atoms with Gasteiger partial charge in [-0.15, -0.1) is 0 Å². The zero-order chi connectivity index (χ0) is 19.2. The Morgan fingerprint density at radius 1 is 1.04 bits per heavy atom. The molecular weight excluding hydrogens is 358 g/mol. The number of pyridine rings is 1. The molecule has 5 heteroatoms. The van der Waals surface area contributed by atoms with Gasteiger partial charge in [0.15, 0.2) is 0 Å². The van der Waals surface area contributed by atoms with E-state index in [9.17, 15) is 4.79 Å². The summed E-state index contributed by atoms with van der Waals surface area (Å²) >= 11 is 5.86. The highest BCUT2D eigenvalue weighted by Gasteiger charge is 2.08. The average molecular weight is 380 g/mol. The van der Waals surface area contributed by atoms with E-state index in [0.717, 1.165) is 17.1 Å². The molecule has 3 aromatic rings. The standard InChI is InChI=1S/C22H22ClN3O/c1-15(2)19-5-3-4-6-20(19)26-21-12-11-18(14-24-21)25-22(27)13-16-7-9-17(23)10-8-16/h3-12,14-15H,13H2,1-2H3,(H,24,26)(H,25,27). The highest BCUT2D eigenvalue weighted by atomic mass is 35.5. The summed E-state index contributed by atoms with van der Waals surface area (Å²) in [6.45, 7) is 4.32. The largest absolute Gasteiger partial charge is 0.340 e. The van der Waals surface area contributed by atoms with Gasteiger partial charge in [-0.2, -0.15) is 0 Å². The quantitative estimate of drug-likeness (QED) is 0.570. The van der Waals surface area contributed by atoms with Gasteiger partial charge < -0.3 is 10.6 Å². The summed E-state index contributed by atoms with van der Waals surface area (Å²) in [5, 5.41) is 6.86. The van der Waals surface area contributed by atoms with Crippen molar-refractivity contribution < 1.29 is 4.79 Å². The van der Waals surface area contributed by atoms with E-state index >= 15 is 0 Å². The number of nitrogens with zero attached hydrogens (tertiary/aromatic N) is 1. The highest BCUT2D eigenvalue weighted by molar-refractivity contribution is 6.30. The van der Waals surface area contributed by atoms with E-state index in [-0.39, 0.29) is 5.91 Å².